The van der Waals surface area contributed by atoms with E-state index in [4.69, 9.17) is 0 Å². The highest BCUT2D eigenvalue weighted by Gasteiger charge is 2.32. The van der Waals surface area contributed by atoms with Gasteiger partial charge in [-0.1, -0.05) is 44.2 Å². The van der Waals surface area contributed by atoms with Gasteiger partial charge in [0.2, 0.25) is 0 Å². The van der Waals surface area contributed by atoms with Gasteiger partial charge in [-0.3, -0.25) is 9.80 Å². The second-order valence-electron chi connectivity index (χ2n) is 9.06. The van der Waals surface area contributed by atoms with E-state index >= 15 is 0 Å². The third kappa shape index (κ3) is 5.75. The standard InChI is InChI=1S/C21H34N6.ClH/c1-17(2)15-19(20-22-23-24-27(20)21(3,4)5)26-13-11-25(12-14-26)16-18-9-7-6-8-10-18;/h6-10,17,19H,11-16H2,1-5H3;1H. The lowest BCUT2D eigenvalue weighted by molar-refractivity contribution is 0.0744. The number of tetrazole rings is 1. The van der Waals surface area contributed by atoms with E-state index in [1.165, 1.54) is 5.56 Å². The van der Waals surface area contributed by atoms with Gasteiger partial charge in [0, 0.05) is 32.7 Å². The van der Waals surface area contributed by atoms with Crippen LogP contribution in [0.2, 0.25) is 0 Å². The molecule has 0 N–H and O–H groups in total. The summed E-state index contributed by atoms with van der Waals surface area (Å²) in [4.78, 5) is 5.13. The van der Waals surface area contributed by atoms with E-state index in [0.717, 1.165) is 45.0 Å². The van der Waals surface area contributed by atoms with Crippen molar-refractivity contribution in [2.75, 3.05) is 26.2 Å². The number of benzene rings is 1. The van der Waals surface area contributed by atoms with E-state index in [-0.39, 0.29) is 24.0 Å². The number of hydrogen-bond donors (Lipinski definition) is 0. The quantitative estimate of drug-likeness (QED) is 0.731. The number of piperazine rings is 1. The Morgan fingerprint density at radius 1 is 1.00 bits per heavy atom. The summed E-state index contributed by atoms with van der Waals surface area (Å²) in [5.41, 5.74) is 1.28. The van der Waals surface area contributed by atoms with Crippen molar-refractivity contribution in [2.24, 2.45) is 5.92 Å². The third-order valence-corrected chi connectivity index (χ3v) is 5.22. The molecule has 1 aliphatic heterocycles. The number of rotatable bonds is 6. The van der Waals surface area contributed by atoms with E-state index in [2.05, 4.69) is 90.3 Å². The first-order chi connectivity index (χ1) is 12.8. The lowest BCUT2D eigenvalue weighted by atomic mass is 9.99. The normalized spacial score (nSPS) is 17.5. The first-order valence-electron chi connectivity index (χ1n) is 10.1. The SMILES string of the molecule is CC(C)CC(c1nnnn1C(C)(C)C)N1CCN(Cc2ccccc2)CC1.Cl. The molecule has 1 fully saturated rings. The van der Waals surface area contributed by atoms with Crippen molar-refractivity contribution < 1.29 is 0 Å². The van der Waals surface area contributed by atoms with Crippen molar-refractivity contribution in [1.29, 1.82) is 0 Å². The van der Waals surface area contributed by atoms with Gasteiger partial charge in [-0.05, 0) is 49.1 Å². The van der Waals surface area contributed by atoms with Crippen LogP contribution in [0.4, 0.5) is 0 Å². The van der Waals surface area contributed by atoms with Crippen LogP contribution in [0.5, 0.6) is 0 Å². The van der Waals surface area contributed by atoms with Gasteiger partial charge in [-0.2, -0.15) is 0 Å². The molecule has 2 heterocycles. The highest BCUT2D eigenvalue weighted by Crippen LogP contribution is 2.29. The zero-order valence-corrected chi connectivity index (χ0v) is 18.7. The fourth-order valence-corrected chi connectivity index (χ4v) is 3.82. The Labute approximate surface area is 175 Å². The minimum Gasteiger partial charge on any atom is -0.297 e. The van der Waals surface area contributed by atoms with E-state index in [1.54, 1.807) is 0 Å². The van der Waals surface area contributed by atoms with Crippen LogP contribution >= 0.6 is 12.4 Å². The van der Waals surface area contributed by atoms with Crippen LogP contribution < -0.4 is 0 Å². The molecular weight excluding hydrogens is 372 g/mol. The largest absolute Gasteiger partial charge is 0.297 e. The summed E-state index contributed by atoms with van der Waals surface area (Å²) >= 11 is 0. The molecule has 1 aromatic carbocycles. The zero-order valence-electron chi connectivity index (χ0n) is 17.9. The molecule has 0 radical (unpaired) electrons. The topological polar surface area (TPSA) is 50.1 Å². The average molecular weight is 407 g/mol. The lowest BCUT2D eigenvalue weighted by Gasteiger charge is -2.40. The van der Waals surface area contributed by atoms with Crippen LogP contribution in [0.25, 0.3) is 0 Å². The minimum absolute atomic E-state index is 0. The Balaban J connectivity index is 0.00000280. The molecule has 0 bridgehead atoms. The molecule has 156 valence electrons. The summed E-state index contributed by atoms with van der Waals surface area (Å²) in [7, 11) is 0. The second-order valence-corrected chi connectivity index (χ2v) is 9.06. The smallest absolute Gasteiger partial charge is 0.168 e. The van der Waals surface area contributed by atoms with Crippen LogP contribution in [-0.4, -0.2) is 56.2 Å². The van der Waals surface area contributed by atoms with Gasteiger partial charge in [-0.25, -0.2) is 4.68 Å². The van der Waals surface area contributed by atoms with E-state index in [0.29, 0.717) is 5.92 Å². The fourth-order valence-electron chi connectivity index (χ4n) is 3.82. The molecule has 1 aliphatic rings. The van der Waals surface area contributed by atoms with Gasteiger partial charge in [0.25, 0.3) is 0 Å². The second kappa shape index (κ2) is 9.81. The molecule has 7 heteroatoms. The molecule has 1 aromatic heterocycles. The summed E-state index contributed by atoms with van der Waals surface area (Å²) in [5, 5.41) is 12.8. The fraction of sp³-hybridized carbons (Fsp3) is 0.667. The molecule has 1 saturated heterocycles. The van der Waals surface area contributed by atoms with E-state index in [9.17, 15) is 0 Å². The number of halogens is 1. The van der Waals surface area contributed by atoms with Gasteiger partial charge in [0.15, 0.2) is 5.82 Å². The highest BCUT2D eigenvalue weighted by molar-refractivity contribution is 5.85. The third-order valence-electron chi connectivity index (χ3n) is 5.22. The zero-order chi connectivity index (χ0) is 19.4. The van der Waals surface area contributed by atoms with Crippen molar-refractivity contribution in [1.82, 2.24) is 30.0 Å². The maximum atomic E-state index is 4.44. The Hall–Kier alpha value is -1.50. The van der Waals surface area contributed by atoms with Crippen molar-refractivity contribution in [2.45, 2.75) is 59.2 Å². The van der Waals surface area contributed by atoms with Crippen molar-refractivity contribution in [3.05, 3.63) is 41.7 Å². The maximum Gasteiger partial charge on any atom is 0.168 e. The molecular formula is C21H35ClN6. The monoisotopic (exact) mass is 406 g/mol. The number of hydrogen-bond acceptors (Lipinski definition) is 5. The molecule has 1 atom stereocenters. The Kier molecular flexibility index (Phi) is 7.98. The molecule has 6 nitrogen and oxygen atoms in total. The average Bonchev–Trinajstić information content (AvgIpc) is 3.11. The summed E-state index contributed by atoms with van der Waals surface area (Å²) in [6, 6.07) is 11.0. The Morgan fingerprint density at radius 3 is 2.21 bits per heavy atom. The molecule has 0 saturated carbocycles. The van der Waals surface area contributed by atoms with E-state index in [1.807, 2.05) is 4.68 Å². The lowest BCUT2D eigenvalue weighted by Crippen LogP contribution is -2.48. The molecule has 0 spiro atoms. The van der Waals surface area contributed by atoms with Crippen LogP contribution in [0.1, 0.15) is 58.5 Å². The summed E-state index contributed by atoms with van der Waals surface area (Å²) < 4.78 is 2.01. The van der Waals surface area contributed by atoms with Crippen LogP contribution in [-0.2, 0) is 12.1 Å². The maximum absolute atomic E-state index is 4.44. The van der Waals surface area contributed by atoms with Gasteiger partial charge >= 0.3 is 0 Å². The summed E-state index contributed by atoms with van der Waals surface area (Å²) in [6.07, 6.45) is 1.08. The van der Waals surface area contributed by atoms with Crippen molar-refractivity contribution >= 4 is 12.4 Å². The van der Waals surface area contributed by atoms with Crippen LogP contribution in [0.3, 0.4) is 0 Å². The Bertz CT molecular complexity index is 701. The van der Waals surface area contributed by atoms with Gasteiger partial charge in [0.1, 0.15) is 0 Å². The van der Waals surface area contributed by atoms with Crippen molar-refractivity contribution in [3.63, 3.8) is 0 Å². The van der Waals surface area contributed by atoms with Crippen molar-refractivity contribution in [3.8, 4) is 0 Å². The number of aromatic nitrogens is 4. The minimum atomic E-state index is -0.108. The predicted octanol–water partition coefficient (Wildman–Crippen LogP) is 3.75. The van der Waals surface area contributed by atoms with Crippen LogP contribution in [0.15, 0.2) is 30.3 Å². The predicted molar refractivity (Wildman–Crippen MR) is 116 cm³/mol. The van der Waals surface area contributed by atoms with E-state index < -0.39 is 0 Å². The summed E-state index contributed by atoms with van der Waals surface area (Å²) in [5.74, 6) is 1.61. The molecule has 0 amide bonds. The Morgan fingerprint density at radius 2 is 1.64 bits per heavy atom. The molecule has 1 unspecified atom stereocenters. The van der Waals surface area contributed by atoms with Gasteiger partial charge in [-0.15, -0.1) is 17.5 Å². The highest BCUT2D eigenvalue weighted by atomic mass is 35.5. The first-order valence-corrected chi connectivity index (χ1v) is 10.1. The molecule has 2 aromatic rings. The number of nitrogens with zero attached hydrogens (tertiary/aromatic N) is 6. The first kappa shape index (κ1) is 22.8. The summed E-state index contributed by atoms with van der Waals surface area (Å²) in [6.45, 7) is 16.4. The van der Waals surface area contributed by atoms with Gasteiger partial charge < -0.3 is 0 Å². The van der Waals surface area contributed by atoms with Crippen LogP contribution in [0, 0.1) is 5.92 Å². The van der Waals surface area contributed by atoms with Gasteiger partial charge in [0.05, 0.1) is 11.6 Å². The molecule has 0 aliphatic carbocycles. The molecule has 3 rings (SSSR count). The molecule has 28 heavy (non-hydrogen) atoms.